The predicted molar refractivity (Wildman–Crippen MR) is 236 cm³/mol. The molecule has 0 aromatic heterocycles. The van der Waals surface area contributed by atoms with Gasteiger partial charge in [0.1, 0.15) is 0 Å². The van der Waals surface area contributed by atoms with Crippen molar-refractivity contribution in [2.45, 2.75) is 45.6 Å². The second-order valence-electron chi connectivity index (χ2n) is 15.5. The second kappa shape index (κ2) is 14.1. The Morgan fingerprint density at radius 2 is 1.31 bits per heavy atom. The van der Waals surface area contributed by atoms with Gasteiger partial charge >= 0.3 is 0 Å². The zero-order valence-corrected chi connectivity index (χ0v) is 32.1. The van der Waals surface area contributed by atoms with Crippen molar-refractivity contribution in [2.24, 2.45) is 0 Å². The molecule has 0 spiro atoms. The summed E-state index contributed by atoms with van der Waals surface area (Å²) in [6.45, 7) is 9.27. The van der Waals surface area contributed by atoms with Gasteiger partial charge in [-0.3, -0.25) is 0 Å². The van der Waals surface area contributed by atoms with Crippen molar-refractivity contribution in [2.75, 3.05) is 10.2 Å². The van der Waals surface area contributed by atoms with Crippen molar-refractivity contribution in [3.8, 4) is 44.5 Å². The number of fused-ring (bicyclic) bond motifs is 6. The predicted octanol–water partition coefficient (Wildman–Crippen LogP) is 14.1. The number of nitrogens with zero attached hydrogens (tertiary/aromatic N) is 1. The van der Waals surface area contributed by atoms with Crippen molar-refractivity contribution in [1.29, 1.82) is 0 Å². The first-order valence-electron chi connectivity index (χ1n) is 19.5. The summed E-state index contributed by atoms with van der Waals surface area (Å²) in [5.74, 6) is 0. The summed E-state index contributed by atoms with van der Waals surface area (Å²) in [6, 6.07) is 45.5. The number of allylic oxidation sites excluding steroid dienone is 6. The fourth-order valence-electron chi connectivity index (χ4n) is 8.86. The Morgan fingerprint density at radius 3 is 2.15 bits per heavy atom. The number of aryl methyl sites for hydroxylation is 1. The van der Waals surface area contributed by atoms with Gasteiger partial charge in [-0.25, -0.2) is 0 Å². The van der Waals surface area contributed by atoms with Crippen LogP contribution in [0.25, 0.3) is 50.6 Å². The van der Waals surface area contributed by atoms with Crippen LogP contribution in [0, 0.1) is 13.8 Å². The molecule has 1 unspecified atom stereocenters. The van der Waals surface area contributed by atoms with E-state index in [1.54, 1.807) is 0 Å². The SMILES string of the molecule is Cc1ccccc1-c1cc(N(c2ccc3c(c2)C(C)(C)c2ccccc2-3)C2C=CC=CC2)cc(-c2ccc3c(c2)-c2ccccc2\C=C/C=C\C=C\N3)c1C. The molecule has 9 rings (SSSR count). The maximum Gasteiger partial charge on any atom is 0.0559 e. The highest BCUT2D eigenvalue weighted by Gasteiger charge is 2.36. The topological polar surface area (TPSA) is 15.3 Å². The average Bonchev–Trinajstić information content (AvgIpc) is 3.42. The summed E-state index contributed by atoms with van der Waals surface area (Å²) in [5, 5.41) is 3.59. The molecule has 2 nitrogen and oxygen atoms in total. The Labute approximate surface area is 326 Å². The summed E-state index contributed by atoms with van der Waals surface area (Å²) >= 11 is 0. The van der Waals surface area contributed by atoms with Crippen LogP contribution in [0.4, 0.5) is 17.1 Å². The van der Waals surface area contributed by atoms with Gasteiger partial charge in [-0.1, -0.05) is 147 Å². The molecule has 0 amide bonds. The molecule has 0 saturated carbocycles. The van der Waals surface area contributed by atoms with Crippen molar-refractivity contribution in [1.82, 2.24) is 0 Å². The van der Waals surface area contributed by atoms with Crippen LogP contribution in [0.3, 0.4) is 0 Å². The van der Waals surface area contributed by atoms with Crippen molar-refractivity contribution < 1.29 is 0 Å². The Morgan fingerprint density at radius 1 is 0.564 bits per heavy atom. The average molecular weight is 711 g/mol. The van der Waals surface area contributed by atoms with Crippen LogP contribution in [0.15, 0.2) is 176 Å². The molecule has 3 aliphatic rings. The molecule has 0 saturated heterocycles. The van der Waals surface area contributed by atoms with Gasteiger partial charge < -0.3 is 10.2 Å². The maximum absolute atomic E-state index is 3.59. The number of hydrogen-bond donors (Lipinski definition) is 1. The lowest BCUT2D eigenvalue weighted by Gasteiger charge is -2.35. The third-order valence-electron chi connectivity index (χ3n) is 11.8. The minimum absolute atomic E-state index is 0.0942. The van der Waals surface area contributed by atoms with E-state index < -0.39 is 0 Å². The smallest absolute Gasteiger partial charge is 0.0559 e. The fraction of sp³-hybridized carbons (Fsp3) is 0.132. The Hall–Kier alpha value is -6.38. The van der Waals surface area contributed by atoms with Gasteiger partial charge in [0.15, 0.2) is 0 Å². The fourth-order valence-corrected chi connectivity index (χ4v) is 8.86. The molecule has 1 heterocycles. The lowest BCUT2D eigenvalue weighted by molar-refractivity contribution is 0.659. The summed E-state index contributed by atoms with van der Waals surface area (Å²) in [4.78, 5) is 2.58. The van der Waals surface area contributed by atoms with Crippen molar-refractivity contribution >= 4 is 23.1 Å². The quantitative estimate of drug-likeness (QED) is 0.192. The van der Waals surface area contributed by atoms with Crippen LogP contribution >= 0.6 is 0 Å². The molecule has 0 radical (unpaired) electrons. The minimum Gasteiger partial charge on any atom is -0.361 e. The molecule has 2 heteroatoms. The van der Waals surface area contributed by atoms with E-state index in [-0.39, 0.29) is 11.5 Å². The van der Waals surface area contributed by atoms with Crippen molar-refractivity contribution in [3.63, 3.8) is 0 Å². The lowest BCUT2D eigenvalue weighted by atomic mass is 9.82. The lowest BCUT2D eigenvalue weighted by Crippen LogP contribution is -2.30. The van der Waals surface area contributed by atoms with Gasteiger partial charge in [-0.05, 0) is 130 Å². The van der Waals surface area contributed by atoms with E-state index in [1.807, 2.05) is 12.3 Å². The standard InChI is InChI=1S/C53H46N2/c1-36-18-11-13-23-43(36)48-34-42(55(40-21-9-7-10-22-40)41-28-29-46-45-25-15-16-26-50(45)53(3,4)51(46)35-41)33-47(37(48)2)39-27-30-52-49(32-39)44-24-14-12-20-38(44)19-8-5-6-17-31-54-52/h5-21,23-35,40,54H,22H2,1-4H3/b6-5-,19-8-,31-17+. The number of benzene rings is 6. The van der Waals surface area contributed by atoms with Gasteiger partial charge in [0.2, 0.25) is 0 Å². The molecule has 2 aliphatic carbocycles. The molecule has 1 N–H and O–H groups in total. The number of nitrogens with one attached hydrogen (secondary N) is 1. The molecule has 55 heavy (non-hydrogen) atoms. The molecule has 268 valence electrons. The zero-order chi connectivity index (χ0) is 37.5. The zero-order valence-electron chi connectivity index (χ0n) is 32.1. The molecular weight excluding hydrogens is 665 g/mol. The normalized spacial score (nSPS) is 17.8. The Balaban J connectivity index is 1.27. The molecular formula is C53H46N2. The van der Waals surface area contributed by atoms with E-state index in [4.69, 9.17) is 0 Å². The van der Waals surface area contributed by atoms with Crippen LogP contribution < -0.4 is 10.2 Å². The first-order chi connectivity index (χ1) is 26.9. The van der Waals surface area contributed by atoms with Gasteiger partial charge in [-0.2, -0.15) is 0 Å². The van der Waals surface area contributed by atoms with Crippen molar-refractivity contribution in [3.05, 3.63) is 204 Å². The van der Waals surface area contributed by atoms with Crippen LogP contribution in [0.2, 0.25) is 0 Å². The highest BCUT2D eigenvalue weighted by Crippen LogP contribution is 2.51. The van der Waals surface area contributed by atoms with E-state index in [1.165, 1.54) is 83.7 Å². The first kappa shape index (κ1) is 34.4. The second-order valence-corrected chi connectivity index (χ2v) is 15.5. The number of rotatable bonds is 5. The molecule has 0 bridgehead atoms. The summed E-state index contributed by atoms with van der Waals surface area (Å²) in [7, 11) is 0. The van der Waals surface area contributed by atoms with Gasteiger partial charge in [0.05, 0.1) is 6.04 Å². The molecule has 6 aromatic carbocycles. The number of hydrogen-bond acceptors (Lipinski definition) is 2. The van der Waals surface area contributed by atoms with Crippen LogP contribution in [0.5, 0.6) is 0 Å². The molecule has 1 aliphatic heterocycles. The highest BCUT2D eigenvalue weighted by atomic mass is 15.2. The van der Waals surface area contributed by atoms with E-state index >= 15 is 0 Å². The summed E-state index contributed by atoms with van der Waals surface area (Å²) < 4.78 is 0. The number of anilines is 3. The monoisotopic (exact) mass is 710 g/mol. The van der Waals surface area contributed by atoms with Gasteiger partial charge in [0.25, 0.3) is 0 Å². The van der Waals surface area contributed by atoms with E-state index in [9.17, 15) is 0 Å². The molecule has 0 fully saturated rings. The highest BCUT2D eigenvalue weighted by molar-refractivity contribution is 5.92. The van der Waals surface area contributed by atoms with E-state index in [2.05, 4.69) is 208 Å². The largest absolute Gasteiger partial charge is 0.361 e. The van der Waals surface area contributed by atoms with Crippen LogP contribution in [-0.4, -0.2) is 6.04 Å². The van der Waals surface area contributed by atoms with E-state index in [0.717, 1.165) is 12.1 Å². The third-order valence-corrected chi connectivity index (χ3v) is 11.8. The third kappa shape index (κ3) is 6.18. The summed E-state index contributed by atoms with van der Waals surface area (Å²) in [6.07, 6.45) is 22.5. The molecule has 1 atom stereocenters. The maximum atomic E-state index is 3.59. The summed E-state index contributed by atoms with van der Waals surface area (Å²) in [5.41, 5.74) is 19.9. The van der Waals surface area contributed by atoms with E-state index in [0.29, 0.717) is 0 Å². The Bertz CT molecular complexity index is 2610. The minimum atomic E-state index is -0.0942. The molecule has 6 aromatic rings. The van der Waals surface area contributed by atoms with Gasteiger partial charge in [0, 0.05) is 34.2 Å². The Kier molecular flexibility index (Phi) is 8.83. The van der Waals surface area contributed by atoms with Crippen LogP contribution in [0.1, 0.15) is 48.1 Å². The van der Waals surface area contributed by atoms with Crippen LogP contribution in [-0.2, 0) is 5.41 Å². The van der Waals surface area contributed by atoms with Gasteiger partial charge in [-0.15, -0.1) is 0 Å². The first-order valence-corrected chi connectivity index (χ1v) is 19.5.